The lowest BCUT2D eigenvalue weighted by Gasteiger charge is -2.28. The molecule has 190 valence electrons. The molecule has 2 rings (SSSR count). The minimum atomic E-state index is -3.38. The van der Waals surface area contributed by atoms with Crippen molar-refractivity contribution in [2.45, 2.75) is 37.9 Å². The smallest absolute Gasteiger partial charge is 0.208 e. The monoisotopic (exact) mass is 553 g/mol. The Kier molecular flexibility index (Phi) is 9.93. The second-order valence-electron chi connectivity index (χ2n) is 8.92. The van der Waals surface area contributed by atoms with Gasteiger partial charge in [0, 0.05) is 12.0 Å². The molecule has 0 aliphatic carbocycles. The summed E-state index contributed by atoms with van der Waals surface area (Å²) < 4.78 is 35.6. The Balaban J connectivity index is 2.10. The summed E-state index contributed by atoms with van der Waals surface area (Å²) in [5.41, 5.74) is 0.140. The first-order valence-corrected chi connectivity index (χ1v) is 13.6. The van der Waals surface area contributed by atoms with Gasteiger partial charge in [-0.3, -0.25) is 0 Å². The molecule has 0 aromatic heterocycles. The fourth-order valence-corrected chi connectivity index (χ4v) is 4.13. The molecule has 2 aromatic carbocycles. The summed E-state index contributed by atoms with van der Waals surface area (Å²) in [5, 5.41) is 20.6. The molecule has 2 aromatic rings. The molecule has 0 spiro atoms. The maximum absolute atomic E-state index is 11.1. The van der Waals surface area contributed by atoms with E-state index in [0.717, 1.165) is 17.4 Å². The summed E-state index contributed by atoms with van der Waals surface area (Å²) in [6.07, 6.45) is 0.0396. The van der Waals surface area contributed by atoms with Gasteiger partial charge in [-0.2, -0.15) is 0 Å². The van der Waals surface area contributed by atoms with E-state index < -0.39 is 27.1 Å². The van der Waals surface area contributed by atoms with Crippen LogP contribution in [0.1, 0.15) is 31.9 Å². The number of hydrogen-bond donors (Lipinski definition) is 3. The van der Waals surface area contributed by atoms with Crippen LogP contribution < -0.4 is 14.2 Å². The number of sulfonamides is 1. The van der Waals surface area contributed by atoms with Gasteiger partial charge in [0.25, 0.3) is 0 Å². The van der Waals surface area contributed by atoms with Crippen LogP contribution in [-0.2, 0) is 15.4 Å². The van der Waals surface area contributed by atoms with E-state index in [-0.39, 0.29) is 31.4 Å². The highest BCUT2D eigenvalue weighted by Crippen LogP contribution is 2.41. The Morgan fingerprint density at radius 3 is 2.09 bits per heavy atom. The number of halogens is 3. The van der Waals surface area contributed by atoms with Crippen LogP contribution in [0.5, 0.6) is 11.5 Å². The molecular weight excluding hydrogens is 525 g/mol. The van der Waals surface area contributed by atoms with Gasteiger partial charge >= 0.3 is 0 Å². The van der Waals surface area contributed by atoms with Crippen molar-refractivity contribution in [3.8, 4) is 11.5 Å². The van der Waals surface area contributed by atoms with Crippen molar-refractivity contribution in [3.05, 3.63) is 57.6 Å². The van der Waals surface area contributed by atoms with Gasteiger partial charge in [0.05, 0.1) is 22.2 Å². The first kappa shape index (κ1) is 29.0. The molecule has 0 heterocycles. The van der Waals surface area contributed by atoms with Crippen molar-refractivity contribution in [1.29, 1.82) is 0 Å². The predicted molar refractivity (Wildman–Crippen MR) is 136 cm³/mol. The average molecular weight is 555 g/mol. The van der Waals surface area contributed by atoms with Crippen molar-refractivity contribution in [1.82, 2.24) is 4.72 Å². The number of benzene rings is 2. The average Bonchev–Trinajstić information content (AvgIpc) is 2.75. The molecule has 0 bridgehead atoms. The molecule has 2 atom stereocenters. The first-order chi connectivity index (χ1) is 15.6. The van der Waals surface area contributed by atoms with Crippen LogP contribution in [0.25, 0.3) is 0 Å². The highest BCUT2D eigenvalue weighted by atomic mass is 35.5. The van der Waals surface area contributed by atoms with Gasteiger partial charge < -0.3 is 19.7 Å². The second kappa shape index (κ2) is 11.6. The minimum absolute atomic E-state index is 0.00353. The number of aliphatic hydroxyl groups excluding tert-OH is 1. The van der Waals surface area contributed by atoms with Gasteiger partial charge in [-0.05, 0) is 42.3 Å². The van der Waals surface area contributed by atoms with Crippen LogP contribution in [0.15, 0.2) is 36.4 Å². The molecular formula is C23H30Cl3NO6S. The third-order valence-corrected chi connectivity index (χ3v) is 6.96. The van der Waals surface area contributed by atoms with Crippen LogP contribution in [0.2, 0.25) is 10.0 Å². The Bertz CT molecular complexity index is 1050. The highest BCUT2D eigenvalue weighted by Gasteiger charge is 2.27. The zero-order valence-electron chi connectivity index (χ0n) is 19.4. The maximum atomic E-state index is 11.1. The largest absolute Gasteiger partial charge is 0.491 e. The molecule has 0 saturated heterocycles. The molecule has 0 amide bonds. The molecule has 0 saturated carbocycles. The van der Waals surface area contributed by atoms with Crippen LogP contribution in [0.4, 0.5) is 0 Å². The Hall–Kier alpha value is -1.26. The molecule has 7 nitrogen and oxygen atoms in total. The van der Waals surface area contributed by atoms with E-state index >= 15 is 0 Å². The van der Waals surface area contributed by atoms with Gasteiger partial charge in [0.15, 0.2) is 5.75 Å². The van der Waals surface area contributed by atoms with Crippen molar-refractivity contribution in [2.75, 3.05) is 31.9 Å². The van der Waals surface area contributed by atoms with Gasteiger partial charge in [-0.25, -0.2) is 13.1 Å². The third kappa shape index (κ3) is 8.45. The Morgan fingerprint density at radius 2 is 1.59 bits per heavy atom. The number of rotatable bonds is 12. The van der Waals surface area contributed by atoms with E-state index in [1.54, 1.807) is 31.2 Å². The quantitative estimate of drug-likeness (QED) is 0.343. The van der Waals surface area contributed by atoms with E-state index in [4.69, 9.17) is 44.3 Å². The first-order valence-electron chi connectivity index (χ1n) is 10.4. The van der Waals surface area contributed by atoms with E-state index in [0.29, 0.717) is 15.8 Å². The van der Waals surface area contributed by atoms with Crippen LogP contribution in [-0.4, -0.2) is 62.2 Å². The van der Waals surface area contributed by atoms with Crippen LogP contribution >= 0.6 is 34.8 Å². The molecule has 34 heavy (non-hydrogen) atoms. The van der Waals surface area contributed by atoms with Gasteiger partial charge in [-0.1, -0.05) is 49.2 Å². The standard InChI is InChI=1S/C23H30Cl3NO6S/c1-22(2,16-9-19(25)21(20(26)10-16)33-14-23(3,29)13-24)15-5-7-18(8-6-15)32-12-17(28)11-27-34(4,30)31/h5-10,17,27-29H,11-14H2,1-4H3/t17-,23?/m1/s1. The molecule has 1 unspecified atom stereocenters. The SMILES string of the molecule is CC(O)(CCl)COc1c(Cl)cc(C(C)(C)c2ccc(OC[C@H](O)CNS(C)(=O)=O)cc2)cc1Cl. The van der Waals surface area contributed by atoms with E-state index in [1.165, 1.54) is 0 Å². The molecule has 0 radical (unpaired) electrons. The fraction of sp³-hybridized carbons (Fsp3) is 0.478. The van der Waals surface area contributed by atoms with Crippen LogP contribution in [0, 0.1) is 0 Å². The number of alkyl halides is 1. The van der Waals surface area contributed by atoms with Gasteiger partial charge in [-0.15, -0.1) is 11.6 Å². The van der Waals surface area contributed by atoms with Crippen molar-refractivity contribution in [3.63, 3.8) is 0 Å². The predicted octanol–water partition coefficient (Wildman–Crippen LogP) is 3.98. The van der Waals surface area contributed by atoms with Crippen LogP contribution in [0.3, 0.4) is 0 Å². The normalized spacial score (nSPS) is 15.0. The molecule has 11 heteroatoms. The molecule has 0 aliphatic rings. The van der Waals surface area contributed by atoms with E-state index in [9.17, 15) is 18.6 Å². The van der Waals surface area contributed by atoms with Gasteiger partial charge in [0.2, 0.25) is 10.0 Å². The lowest BCUT2D eigenvalue weighted by atomic mass is 9.78. The number of nitrogens with one attached hydrogen (secondary N) is 1. The summed E-state index contributed by atoms with van der Waals surface area (Å²) in [6, 6.07) is 10.9. The molecule has 0 aliphatic heterocycles. The van der Waals surface area contributed by atoms with E-state index in [2.05, 4.69) is 4.72 Å². The molecule has 3 N–H and O–H groups in total. The maximum Gasteiger partial charge on any atom is 0.208 e. The highest BCUT2D eigenvalue weighted by molar-refractivity contribution is 7.88. The summed E-state index contributed by atoms with van der Waals surface area (Å²) >= 11 is 18.6. The number of aliphatic hydroxyl groups is 2. The summed E-state index contributed by atoms with van der Waals surface area (Å²) in [4.78, 5) is 0. The van der Waals surface area contributed by atoms with Crippen molar-refractivity contribution >= 4 is 44.8 Å². The Morgan fingerprint density at radius 1 is 1.03 bits per heavy atom. The zero-order chi connectivity index (χ0) is 25.7. The second-order valence-corrected chi connectivity index (χ2v) is 11.8. The zero-order valence-corrected chi connectivity index (χ0v) is 22.5. The van der Waals surface area contributed by atoms with E-state index in [1.807, 2.05) is 26.0 Å². The minimum Gasteiger partial charge on any atom is -0.491 e. The number of hydrogen-bond acceptors (Lipinski definition) is 6. The Labute approximate surface area is 216 Å². The summed E-state index contributed by atoms with van der Waals surface area (Å²) in [6.45, 7) is 5.34. The summed E-state index contributed by atoms with van der Waals surface area (Å²) in [7, 11) is -3.38. The topological polar surface area (TPSA) is 105 Å². The number of ether oxygens (including phenoxy) is 2. The lowest BCUT2D eigenvalue weighted by molar-refractivity contribution is 0.0317. The summed E-state index contributed by atoms with van der Waals surface area (Å²) in [5.74, 6) is 0.814. The fourth-order valence-electron chi connectivity index (χ4n) is 2.96. The van der Waals surface area contributed by atoms with Crippen molar-refractivity contribution < 1.29 is 28.1 Å². The van der Waals surface area contributed by atoms with Gasteiger partial charge in [0.1, 0.15) is 30.7 Å². The lowest BCUT2D eigenvalue weighted by Crippen LogP contribution is -2.34. The van der Waals surface area contributed by atoms with Crippen molar-refractivity contribution in [2.24, 2.45) is 0 Å². The third-order valence-electron chi connectivity index (χ3n) is 5.13. The molecule has 0 fully saturated rings.